The zero-order valence-corrected chi connectivity index (χ0v) is 29.8. The van der Waals surface area contributed by atoms with Gasteiger partial charge in [0, 0.05) is 50.4 Å². The van der Waals surface area contributed by atoms with Crippen LogP contribution in [0.15, 0.2) is 36.7 Å². The molecular weight excluding hydrogens is 644 g/mol. The number of nitrogen functional groups attached to an aromatic ring is 1. The molecule has 0 radical (unpaired) electrons. The molecule has 3 saturated heterocycles. The van der Waals surface area contributed by atoms with Gasteiger partial charge in [-0.15, -0.1) is 0 Å². The van der Waals surface area contributed by atoms with Crippen LogP contribution in [0.25, 0.3) is 0 Å². The van der Waals surface area contributed by atoms with Crippen LogP contribution in [-0.2, 0) is 39.5 Å². The van der Waals surface area contributed by atoms with Crippen molar-refractivity contribution in [2.24, 2.45) is 0 Å². The van der Waals surface area contributed by atoms with Crippen LogP contribution in [-0.4, -0.2) is 92.7 Å². The van der Waals surface area contributed by atoms with E-state index in [2.05, 4.69) is 25.9 Å². The first-order chi connectivity index (χ1) is 23.3. The fourth-order valence-electron chi connectivity index (χ4n) is 6.28. The van der Waals surface area contributed by atoms with Crippen LogP contribution in [0.2, 0.25) is 0 Å². The zero-order valence-electron chi connectivity index (χ0n) is 29.8. The lowest BCUT2D eigenvalue weighted by molar-refractivity contribution is -0.139. The van der Waals surface area contributed by atoms with Gasteiger partial charge in [0.15, 0.2) is 0 Å². The van der Waals surface area contributed by atoms with Gasteiger partial charge < -0.3 is 20.7 Å². The highest BCUT2D eigenvalue weighted by Crippen LogP contribution is 2.33. The number of piperidine rings is 2. The Balaban J connectivity index is 0.000000291. The standard InChI is InChI=1S/C24H35N5O5.C11H13N3O2/c1-15-12-28(22(33)34-23(3,4)5)13-16(2)29(15)14-20(31)26-18-11-17(8-10-25-18)24(6)9-7-19(30)27-21(24)32;1-11(4-2-9(15)14-10(11)16)7-3-5-13-8(12)6-7/h8,10-11,15-16H,7,9,12-14H2,1-6H3,(H,25,26,31)(H,27,30,32);3,5-6H,2,4H2,1H3,(H2,12,13)(H,14,15,16). The number of pyridine rings is 2. The van der Waals surface area contributed by atoms with Gasteiger partial charge in [0.2, 0.25) is 29.5 Å². The van der Waals surface area contributed by atoms with Crippen LogP contribution >= 0.6 is 0 Å². The maximum absolute atomic E-state index is 12.8. The number of nitrogens with two attached hydrogens (primary N) is 1. The molecular formula is C35H48N8O7. The second-order valence-electron chi connectivity index (χ2n) is 14.6. The SMILES string of the molecule is CC1(c2ccnc(N)c2)CCC(=O)NC1=O.CC1CN(C(=O)OC(C)(C)C)CC(C)N1CC(=O)Nc1cc(C2(C)CCC(=O)NC2=O)ccn1. The summed E-state index contributed by atoms with van der Waals surface area (Å²) in [6, 6.07) is 6.76. The summed E-state index contributed by atoms with van der Waals surface area (Å²) >= 11 is 0. The molecule has 270 valence electrons. The molecule has 0 bridgehead atoms. The number of ether oxygens (including phenoxy) is 1. The lowest BCUT2D eigenvalue weighted by Crippen LogP contribution is -2.59. The second-order valence-corrected chi connectivity index (χ2v) is 14.6. The van der Waals surface area contributed by atoms with Gasteiger partial charge in [-0.1, -0.05) is 0 Å². The average Bonchev–Trinajstić information content (AvgIpc) is 3.02. The van der Waals surface area contributed by atoms with Gasteiger partial charge in [-0.05, 0) is 96.7 Å². The first kappa shape index (κ1) is 37.9. The van der Waals surface area contributed by atoms with Crippen LogP contribution in [0.3, 0.4) is 0 Å². The molecule has 0 saturated carbocycles. The van der Waals surface area contributed by atoms with E-state index in [0.29, 0.717) is 49.6 Å². The fraction of sp³-hybridized carbons (Fsp3) is 0.543. The van der Waals surface area contributed by atoms with Crippen molar-refractivity contribution in [3.8, 4) is 0 Å². The van der Waals surface area contributed by atoms with E-state index in [0.717, 1.165) is 5.56 Å². The Morgan fingerprint density at radius 3 is 1.88 bits per heavy atom. The Kier molecular flexibility index (Phi) is 11.3. The van der Waals surface area contributed by atoms with E-state index in [-0.39, 0.29) is 60.7 Å². The smallest absolute Gasteiger partial charge is 0.410 e. The molecule has 15 nitrogen and oxygen atoms in total. The van der Waals surface area contributed by atoms with Gasteiger partial charge in [0.05, 0.1) is 17.4 Å². The van der Waals surface area contributed by atoms with Crippen molar-refractivity contribution in [3.63, 3.8) is 0 Å². The van der Waals surface area contributed by atoms with Crippen LogP contribution in [0, 0.1) is 0 Å². The molecule has 3 fully saturated rings. The number of rotatable bonds is 5. The van der Waals surface area contributed by atoms with Crippen LogP contribution in [0.4, 0.5) is 16.4 Å². The van der Waals surface area contributed by atoms with Crippen LogP contribution in [0.1, 0.15) is 85.3 Å². The van der Waals surface area contributed by atoms with Gasteiger partial charge in [-0.2, -0.15) is 0 Å². The van der Waals surface area contributed by atoms with Gasteiger partial charge in [-0.25, -0.2) is 14.8 Å². The van der Waals surface area contributed by atoms with E-state index in [9.17, 15) is 28.8 Å². The minimum Gasteiger partial charge on any atom is -0.444 e. The van der Waals surface area contributed by atoms with Crippen molar-refractivity contribution in [1.82, 2.24) is 30.4 Å². The summed E-state index contributed by atoms with van der Waals surface area (Å²) in [5.41, 5.74) is 4.96. The predicted octanol–water partition coefficient (Wildman–Crippen LogP) is 2.40. The number of nitrogens with one attached hydrogen (secondary N) is 3. The zero-order chi connectivity index (χ0) is 37.0. The lowest BCUT2D eigenvalue weighted by Gasteiger charge is -2.44. The molecule has 0 aliphatic carbocycles. The van der Waals surface area contributed by atoms with Crippen molar-refractivity contribution in [3.05, 3.63) is 47.8 Å². The molecule has 3 aliphatic heterocycles. The normalized spacial score (nSPS) is 25.9. The molecule has 15 heteroatoms. The van der Waals surface area contributed by atoms with Gasteiger partial charge in [0.1, 0.15) is 17.2 Å². The molecule has 2 aromatic rings. The van der Waals surface area contributed by atoms with E-state index in [1.54, 1.807) is 48.5 Å². The number of hydrogen-bond donors (Lipinski definition) is 4. The Hall–Kier alpha value is -4.92. The summed E-state index contributed by atoms with van der Waals surface area (Å²) in [6.07, 6.45) is 4.28. The molecule has 50 heavy (non-hydrogen) atoms. The summed E-state index contributed by atoms with van der Waals surface area (Å²) in [4.78, 5) is 84.0. The first-order valence-corrected chi connectivity index (χ1v) is 16.7. The molecule has 4 atom stereocenters. The number of imide groups is 2. The molecule has 2 aromatic heterocycles. The van der Waals surface area contributed by atoms with E-state index in [4.69, 9.17) is 10.5 Å². The van der Waals surface area contributed by atoms with Crippen molar-refractivity contribution in [2.45, 2.75) is 103 Å². The van der Waals surface area contributed by atoms with Gasteiger partial charge in [0.25, 0.3) is 0 Å². The lowest BCUT2D eigenvalue weighted by atomic mass is 9.76. The predicted molar refractivity (Wildman–Crippen MR) is 184 cm³/mol. The van der Waals surface area contributed by atoms with Crippen molar-refractivity contribution < 1.29 is 33.5 Å². The summed E-state index contributed by atoms with van der Waals surface area (Å²) in [5.74, 6) is -0.622. The number of aromatic nitrogens is 2. The third-order valence-electron chi connectivity index (χ3n) is 9.37. The molecule has 5 heterocycles. The number of piperazine rings is 1. The van der Waals surface area contributed by atoms with Gasteiger partial charge >= 0.3 is 6.09 Å². The first-order valence-electron chi connectivity index (χ1n) is 16.7. The summed E-state index contributed by atoms with van der Waals surface area (Å²) in [5, 5.41) is 7.56. The third kappa shape index (κ3) is 9.00. The second kappa shape index (κ2) is 14.9. The molecule has 3 aliphatic rings. The fourth-order valence-corrected chi connectivity index (χ4v) is 6.28. The minimum absolute atomic E-state index is 0.0382. The van der Waals surface area contributed by atoms with Crippen molar-refractivity contribution in [2.75, 3.05) is 30.7 Å². The molecule has 0 spiro atoms. The highest BCUT2D eigenvalue weighted by atomic mass is 16.6. The maximum Gasteiger partial charge on any atom is 0.410 e. The number of carbonyl (C=O) groups is 6. The number of anilines is 2. The van der Waals surface area contributed by atoms with E-state index in [1.165, 1.54) is 0 Å². The average molecular weight is 693 g/mol. The highest BCUT2D eigenvalue weighted by molar-refractivity contribution is 6.04. The number of hydrogen-bond acceptors (Lipinski definition) is 11. The Labute approximate surface area is 292 Å². The molecule has 4 unspecified atom stereocenters. The number of nitrogens with zero attached hydrogens (tertiary/aromatic N) is 4. The molecule has 5 rings (SSSR count). The largest absolute Gasteiger partial charge is 0.444 e. The summed E-state index contributed by atoms with van der Waals surface area (Å²) in [6.45, 7) is 14.1. The Morgan fingerprint density at radius 2 is 1.40 bits per heavy atom. The van der Waals surface area contributed by atoms with Gasteiger partial charge in [-0.3, -0.25) is 39.5 Å². The number of carbonyl (C=O) groups excluding carboxylic acids is 6. The molecule has 5 N–H and O–H groups in total. The molecule has 6 amide bonds. The Morgan fingerprint density at radius 1 is 0.900 bits per heavy atom. The summed E-state index contributed by atoms with van der Waals surface area (Å²) < 4.78 is 5.49. The van der Waals surface area contributed by atoms with E-state index in [1.807, 2.05) is 46.4 Å². The van der Waals surface area contributed by atoms with Crippen molar-refractivity contribution >= 4 is 47.3 Å². The Bertz CT molecular complexity index is 1650. The molecule has 0 aromatic carbocycles. The monoisotopic (exact) mass is 692 g/mol. The van der Waals surface area contributed by atoms with E-state index < -0.39 is 16.4 Å². The van der Waals surface area contributed by atoms with E-state index >= 15 is 0 Å². The number of amides is 6. The van der Waals surface area contributed by atoms with Crippen LogP contribution in [0.5, 0.6) is 0 Å². The van der Waals surface area contributed by atoms with Crippen molar-refractivity contribution in [1.29, 1.82) is 0 Å². The summed E-state index contributed by atoms with van der Waals surface area (Å²) in [7, 11) is 0. The topological polar surface area (TPSA) is 206 Å². The quantitative estimate of drug-likeness (QED) is 0.335. The maximum atomic E-state index is 12.8. The highest BCUT2D eigenvalue weighted by Gasteiger charge is 2.41. The van der Waals surface area contributed by atoms with Crippen LogP contribution < -0.4 is 21.7 Å². The third-order valence-corrected chi connectivity index (χ3v) is 9.37. The minimum atomic E-state index is -0.864.